The lowest BCUT2D eigenvalue weighted by Crippen LogP contribution is -2.01. The second-order valence-electron chi connectivity index (χ2n) is 2.27. The number of hydrogen-bond donors (Lipinski definition) is 1. The minimum atomic E-state index is 0.119. The van der Waals surface area contributed by atoms with Gasteiger partial charge in [-0.2, -0.15) is 19.3 Å². The highest BCUT2D eigenvalue weighted by Crippen LogP contribution is 2.25. The molecule has 2 aromatic rings. The predicted octanol–water partition coefficient (Wildman–Crippen LogP) is 0.465. The summed E-state index contributed by atoms with van der Waals surface area (Å²) >= 11 is 2.52. The Labute approximate surface area is 93.3 Å². The molecule has 2 N–H and O–H groups in total. The van der Waals surface area contributed by atoms with Crippen molar-refractivity contribution in [3.8, 4) is 6.01 Å². The highest BCUT2D eigenvalue weighted by molar-refractivity contribution is 8.00. The van der Waals surface area contributed by atoms with Gasteiger partial charge in [-0.15, -0.1) is 0 Å². The highest BCUT2D eigenvalue weighted by Gasteiger charge is 2.08. The van der Waals surface area contributed by atoms with E-state index in [1.807, 2.05) is 0 Å². The summed E-state index contributed by atoms with van der Waals surface area (Å²) in [6.07, 6.45) is 1.47. The van der Waals surface area contributed by atoms with Crippen LogP contribution in [0.5, 0.6) is 6.01 Å². The zero-order valence-corrected chi connectivity index (χ0v) is 9.25. The van der Waals surface area contributed by atoms with Crippen LogP contribution in [0, 0.1) is 0 Å². The van der Waals surface area contributed by atoms with E-state index in [0.717, 1.165) is 4.34 Å². The van der Waals surface area contributed by atoms with Crippen LogP contribution in [0.1, 0.15) is 0 Å². The summed E-state index contributed by atoms with van der Waals surface area (Å²) in [6, 6.07) is 0.189. The molecule has 9 heteroatoms. The van der Waals surface area contributed by atoms with Crippen LogP contribution in [0.3, 0.4) is 0 Å². The van der Waals surface area contributed by atoms with E-state index in [-0.39, 0.29) is 12.0 Å². The third-order valence-electron chi connectivity index (χ3n) is 1.31. The van der Waals surface area contributed by atoms with E-state index in [4.69, 9.17) is 10.5 Å². The first-order valence-electron chi connectivity index (χ1n) is 3.78. The monoisotopic (exact) mass is 242 g/mol. The van der Waals surface area contributed by atoms with Crippen molar-refractivity contribution >= 4 is 29.2 Å². The van der Waals surface area contributed by atoms with Gasteiger partial charge in [0.25, 0.3) is 0 Å². The minimum Gasteiger partial charge on any atom is -0.467 e. The molecule has 0 aliphatic rings. The standard InChI is InChI=1S/C6H6N6OS2/c1-13-4-10-3(7)11-5(12-4)14-6-8-2-9-15-6/h2H,1H3,(H2,7,10,11,12). The molecule has 0 atom stereocenters. The van der Waals surface area contributed by atoms with E-state index < -0.39 is 0 Å². The van der Waals surface area contributed by atoms with Crippen LogP contribution in [0.25, 0.3) is 0 Å². The summed E-state index contributed by atoms with van der Waals surface area (Å²) in [5, 5.41) is 0.441. The molecule has 0 aliphatic carbocycles. The third-order valence-corrected chi connectivity index (χ3v) is 2.89. The molecule has 0 aromatic carbocycles. The zero-order valence-electron chi connectivity index (χ0n) is 7.62. The van der Waals surface area contributed by atoms with Crippen LogP contribution in [0.2, 0.25) is 0 Å². The van der Waals surface area contributed by atoms with Gasteiger partial charge in [0.05, 0.1) is 7.11 Å². The molecule has 2 aromatic heterocycles. The van der Waals surface area contributed by atoms with Crippen molar-refractivity contribution in [1.29, 1.82) is 0 Å². The first kappa shape index (κ1) is 10.1. The normalized spacial score (nSPS) is 10.2. The number of nitrogens with zero attached hydrogens (tertiary/aromatic N) is 5. The van der Waals surface area contributed by atoms with E-state index in [1.54, 1.807) is 0 Å². The van der Waals surface area contributed by atoms with Crippen LogP contribution in [0.15, 0.2) is 15.8 Å². The first-order valence-corrected chi connectivity index (χ1v) is 5.37. The van der Waals surface area contributed by atoms with E-state index in [0.29, 0.717) is 5.16 Å². The van der Waals surface area contributed by atoms with Gasteiger partial charge in [0.1, 0.15) is 6.33 Å². The molecule has 0 fully saturated rings. The smallest absolute Gasteiger partial charge is 0.321 e. The Morgan fingerprint density at radius 3 is 2.93 bits per heavy atom. The van der Waals surface area contributed by atoms with Crippen LogP contribution in [-0.2, 0) is 0 Å². The molecule has 0 aliphatic heterocycles. The molecule has 78 valence electrons. The Kier molecular flexibility index (Phi) is 2.92. The molecule has 2 heterocycles. The molecule has 0 radical (unpaired) electrons. The van der Waals surface area contributed by atoms with Crippen LogP contribution < -0.4 is 10.5 Å². The molecule has 0 unspecified atom stereocenters. The molecule has 2 rings (SSSR count). The summed E-state index contributed by atoms with van der Waals surface area (Å²) < 4.78 is 9.46. The lowest BCUT2D eigenvalue weighted by Gasteiger charge is -2.00. The van der Waals surface area contributed by atoms with Crippen molar-refractivity contribution < 1.29 is 4.74 Å². The maximum Gasteiger partial charge on any atom is 0.321 e. The Balaban J connectivity index is 2.24. The van der Waals surface area contributed by atoms with Crippen molar-refractivity contribution in [3.63, 3.8) is 0 Å². The van der Waals surface area contributed by atoms with Gasteiger partial charge >= 0.3 is 6.01 Å². The Hall–Kier alpha value is -1.48. The number of aromatic nitrogens is 5. The topological polar surface area (TPSA) is 99.7 Å². The number of rotatable bonds is 3. The maximum absolute atomic E-state index is 5.48. The molecule has 15 heavy (non-hydrogen) atoms. The Morgan fingerprint density at radius 2 is 2.27 bits per heavy atom. The fourth-order valence-corrected chi connectivity index (χ4v) is 2.08. The summed E-state index contributed by atoms with van der Waals surface area (Å²) in [5.41, 5.74) is 5.48. The van der Waals surface area contributed by atoms with Crippen LogP contribution in [-0.4, -0.2) is 31.4 Å². The third kappa shape index (κ3) is 2.50. The van der Waals surface area contributed by atoms with Crippen LogP contribution >= 0.6 is 23.3 Å². The molecule has 0 spiro atoms. The lowest BCUT2D eigenvalue weighted by atomic mass is 10.9. The fourth-order valence-electron chi connectivity index (χ4n) is 0.776. The van der Waals surface area contributed by atoms with Gasteiger partial charge in [-0.3, -0.25) is 0 Å². The lowest BCUT2D eigenvalue weighted by molar-refractivity contribution is 0.374. The number of hydrogen-bond acceptors (Lipinski definition) is 9. The van der Waals surface area contributed by atoms with E-state index in [1.165, 1.54) is 36.7 Å². The number of nitrogen functional groups attached to an aromatic ring is 1. The molecule has 0 amide bonds. The molecule has 7 nitrogen and oxygen atoms in total. The first-order chi connectivity index (χ1) is 7.28. The number of ether oxygens (including phenoxy) is 1. The fraction of sp³-hybridized carbons (Fsp3) is 0.167. The summed E-state index contributed by atoms with van der Waals surface area (Å²) in [5.74, 6) is 0.119. The van der Waals surface area contributed by atoms with Gasteiger partial charge in [-0.1, -0.05) is 0 Å². The average molecular weight is 242 g/mol. The van der Waals surface area contributed by atoms with Gasteiger partial charge in [0, 0.05) is 0 Å². The maximum atomic E-state index is 5.48. The zero-order chi connectivity index (χ0) is 10.7. The van der Waals surface area contributed by atoms with Gasteiger partial charge < -0.3 is 10.5 Å². The minimum absolute atomic E-state index is 0.119. The van der Waals surface area contributed by atoms with Crippen molar-refractivity contribution in [2.75, 3.05) is 12.8 Å². The van der Waals surface area contributed by atoms with E-state index in [2.05, 4.69) is 24.3 Å². The molecule has 0 saturated heterocycles. The molecule has 0 bridgehead atoms. The summed E-state index contributed by atoms with van der Waals surface area (Å²) in [6.45, 7) is 0. The predicted molar refractivity (Wildman–Crippen MR) is 54.8 cm³/mol. The molecule has 0 saturated carbocycles. The van der Waals surface area contributed by atoms with Crippen molar-refractivity contribution in [2.24, 2.45) is 0 Å². The Morgan fingerprint density at radius 1 is 1.40 bits per heavy atom. The SMILES string of the molecule is COc1nc(N)nc(Sc2ncns2)n1. The number of nitrogens with two attached hydrogens (primary N) is 1. The van der Waals surface area contributed by atoms with Gasteiger partial charge in [0.15, 0.2) is 4.34 Å². The molecular formula is C6H6N6OS2. The summed E-state index contributed by atoms with van der Waals surface area (Å²) in [4.78, 5) is 15.7. The second-order valence-corrected chi connectivity index (χ2v) is 4.27. The van der Waals surface area contributed by atoms with Crippen molar-refractivity contribution in [2.45, 2.75) is 9.50 Å². The van der Waals surface area contributed by atoms with Crippen molar-refractivity contribution in [3.05, 3.63) is 6.33 Å². The Bertz CT molecular complexity index is 447. The number of anilines is 1. The number of methoxy groups -OCH3 is 1. The largest absolute Gasteiger partial charge is 0.467 e. The quantitative estimate of drug-likeness (QED) is 0.828. The average Bonchev–Trinajstić information content (AvgIpc) is 2.69. The van der Waals surface area contributed by atoms with Gasteiger partial charge in [-0.25, -0.2) is 4.98 Å². The molecular weight excluding hydrogens is 236 g/mol. The van der Waals surface area contributed by atoms with Gasteiger partial charge in [-0.05, 0) is 23.3 Å². The summed E-state index contributed by atoms with van der Waals surface area (Å²) in [7, 11) is 1.47. The van der Waals surface area contributed by atoms with Crippen molar-refractivity contribution in [1.82, 2.24) is 24.3 Å². The van der Waals surface area contributed by atoms with Crippen LogP contribution in [0.4, 0.5) is 5.95 Å². The highest BCUT2D eigenvalue weighted by atomic mass is 32.2. The second kappa shape index (κ2) is 4.36. The van der Waals surface area contributed by atoms with E-state index >= 15 is 0 Å². The van der Waals surface area contributed by atoms with E-state index in [9.17, 15) is 0 Å². The van der Waals surface area contributed by atoms with Gasteiger partial charge in [0.2, 0.25) is 11.1 Å².